The zero-order valence-electron chi connectivity index (χ0n) is 9.12. The zero-order valence-corrected chi connectivity index (χ0v) is 9.12. The normalized spacial score (nSPS) is 18.8. The Morgan fingerprint density at radius 3 is 2.38 bits per heavy atom. The Kier molecular flexibility index (Phi) is 6.14. The van der Waals surface area contributed by atoms with E-state index in [1.165, 1.54) is 0 Å². The van der Waals surface area contributed by atoms with Gasteiger partial charge in [0.2, 0.25) is 0 Å². The molecule has 1 saturated heterocycles. The molecule has 0 unspecified atom stereocenters. The first-order chi connectivity index (χ1) is 6.24. The average Bonchev–Trinajstić information content (AvgIpc) is 2.14. The third-order valence-corrected chi connectivity index (χ3v) is 1.71. The van der Waals surface area contributed by atoms with Gasteiger partial charge in [-0.25, -0.2) is 5.01 Å². The molecule has 0 aromatic carbocycles. The smallest absolute Gasteiger partial charge is 0.0557 e. The second-order valence-electron chi connectivity index (χ2n) is 2.72. The van der Waals surface area contributed by atoms with Crippen LogP contribution in [0.25, 0.3) is 0 Å². The van der Waals surface area contributed by atoms with Gasteiger partial charge in [-0.1, -0.05) is 25.6 Å². The van der Waals surface area contributed by atoms with Crippen LogP contribution in [0.4, 0.5) is 0 Å². The van der Waals surface area contributed by atoms with E-state index in [1.54, 1.807) is 7.05 Å². The predicted octanol–water partition coefficient (Wildman–Crippen LogP) is 1.77. The van der Waals surface area contributed by atoms with Crippen LogP contribution >= 0.6 is 0 Å². The van der Waals surface area contributed by atoms with Crippen LogP contribution in [0.15, 0.2) is 22.6 Å². The molecule has 0 bridgehead atoms. The van der Waals surface area contributed by atoms with Gasteiger partial charge in [-0.15, -0.1) is 0 Å². The molecule has 0 saturated carbocycles. The van der Waals surface area contributed by atoms with Crippen LogP contribution in [0.2, 0.25) is 0 Å². The molecule has 1 heterocycles. The molecule has 0 aromatic heterocycles. The second kappa shape index (κ2) is 6.60. The summed E-state index contributed by atoms with van der Waals surface area (Å²) in [7, 11) is 3.75. The lowest BCUT2D eigenvalue weighted by Gasteiger charge is -2.31. The van der Waals surface area contributed by atoms with E-state index in [0.717, 1.165) is 25.3 Å². The van der Waals surface area contributed by atoms with Gasteiger partial charge >= 0.3 is 0 Å². The Morgan fingerprint density at radius 2 is 1.92 bits per heavy atom. The quantitative estimate of drug-likeness (QED) is 0.582. The van der Waals surface area contributed by atoms with Crippen LogP contribution in [0.5, 0.6) is 0 Å². The number of rotatable bonds is 1. The summed E-state index contributed by atoms with van der Waals surface area (Å²) in [6.45, 7) is 10.7. The highest BCUT2D eigenvalue weighted by atomic mass is 15.6. The highest BCUT2D eigenvalue weighted by Crippen LogP contribution is 2.09. The molecule has 13 heavy (non-hydrogen) atoms. The molecule has 1 aliphatic rings. The summed E-state index contributed by atoms with van der Waals surface area (Å²) in [6.07, 6.45) is 0. The van der Waals surface area contributed by atoms with Gasteiger partial charge in [0.1, 0.15) is 0 Å². The standard InChI is InChI=1S/C7H14N4.C2H6/c1-7-6-10(3)4-5-11(7)9-8-2;1-2/h1,4-6H2,2-3H3;1-2H3. The minimum Gasteiger partial charge on any atom is -0.299 e. The van der Waals surface area contributed by atoms with Crippen LogP contribution in [-0.4, -0.2) is 43.6 Å². The fourth-order valence-electron chi connectivity index (χ4n) is 1.11. The van der Waals surface area contributed by atoms with E-state index < -0.39 is 0 Å². The van der Waals surface area contributed by atoms with E-state index >= 15 is 0 Å². The lowest BCUT2D eigenvalue weighted by atomic mass is 10.3. The largest absolute Gasteiger partial charge is 0.299 e. The molecular weight excluding hydrogens is 164 g/mol. The number of piperazine rings is 1. The molecule has 0 amide bonds. The average molecular weight is 184 g/mol. The molecule has 1 aliphatic heterocycles. The lowest BCUT2D eigenvalue weighted by molar-refractivity contribution is 0.200. The number of likely N-dealkylation sites (N-methyl/N-ethyl adjacent to an activating group) is 1. The van der Waals surface area contributed by atoms with Crippen molar-refractivity contribution in [1.29, 1.82) is 0 Å². The van der Waals surface area contributed by atoms with Crippen molar-refractivity contribution in [3.8, 4) is 0 Å². The van der Waals surface area contributed by atoms with E-state index in [4.69, 9.17) is 0 Å². The van der Waals surface area contributed by atoms with Crippen LogP contribution < -0.4 is 0 Å². The summed E-state index contributed by atoms with van der Waals surface area (Å²) in [6, 6.07) is 0. The topological polar surface area (TPSA) is 31.2 Å². The molecule has 0 N–H and O–H groups in total. The van der Waals surface area contributed by atoms with Crippen molar-refractivity contribution in [3.05, 3.63) is 12.3 Å². The zero-order chi connectivity index (χ0) is 10.3. The Morgan fingerprint density at radius 1 is 1.31 bits per heavy atom. The third-order valence-electron chi connectivity index (χ3n) is 1.71. The highest BCUT2D eigenvalue weighted by Gasteiger charge is 2.15. The first-order valence-electron chi connectivity index (χ1n) is 4.67. The molecule has 1 fully saturated rings. The van der Waals surface area contributed by atoms with Crippen molar-refractivity contribution in [3.63, 3.8) is 0 Å². The summed E-state index contributed by atoms with van der Waals surface area (Å²) < 4.78 is 0. The second-order valence-corrected chi connectivity index (χ2v) is 2.72. The maximum absolute atomic E-state index is 3.93. The highest BCUT2D eigenvalue weighted by molar-refractivity contribution is 4.98. The van der Waals surface area contributed by atoms with Gasteiger partial charge in [0, 0.05) is 18.8 Å². The fraction of sp³-hybridized carbons (Fsp3) is 0.778. The van der Waals surface area contributed by atoms with Gasteiger partial charge < -0.3 is 0 Å². The third kappa shape index (κ3) is 4.03. The van der Waals surface area contributed by atoms with Crippen molar-refractivity contribution >= 4 is 0 Å². The van der Waals surface area contributed by atoms with Gasteiger partial charge in [0.05, 0.1) is 13.6 Å². The Hall–Kier alpha value is -0.900. The minimum absolute atomic E-state index is 0.888. The van der Waals surface area contributed by atoms with Gasteiger partial charge in [-0.3, -0.25) is 4.90 Å². The summed E-state index contributed by atoms with van der Waals surface area (Å²) in [5.41, 5.74) is 1.02. The summed E-state index contributed by atoms with van der Waals surface area (Å²) in [5, 5.41) is 9.48. The first-order valence-corrected chi connectivity index (χ1v) is 4.67. The van der Waals surface area contributed by atoms with Gasteiger partial charge in [-0.2, -0.15) is 5.11 Å². The Bertz CT molecular complexity index is 176. The first kappa shape index (κ1) is 12.1. The van der Waals surface area contributed by atoms with Crippen molar-refractivity contribution in [1.82, 2.24) is 9.91 Å². The molecule has 1 rings (SSSR count). The van der Waals surface area contributed by atoms with Gasteiger partial charge in [0.25, 0.3) is 0 Å². The van der Waals surface area contributed by atoms with E-state index in [-0.39, 0.29) is 0 Å². The maximum Gasteiger partial charge on any atom is 0.0557 e. The molecule has 0 radical (unpaired) electrons. The van der Waals surface area contributed by atoms with E-state index in [0.29, 0.717) is 0 Å². The number of nitrogens with zero attached hydrogens (tertiary/aromatic N) is 4. The lowest BCUT2D eigenvalue weighted by Crippen LogP contribution is -2.39. The van der Waals surface area contributed by atoms with Crippen LogP contribution in [0.1, 0.15) is 13.8 Å². The van der Waals surface area contributed by atoms with E-state index in [2.05, 4.69) is 28.9 Å². The SMILES string of the molecule is C=C1CN(C)CCN1N=NC.CC. The van der Waals surface area contributed by atoms with Crippen LogP contribution in [-0.2, 0) is 0 Å². The van der Waals surface area contributed by atoms with Crippen molar-refractivity contribution in [2.24, 2.45) is 10.3 Å². The van der Waals surface area contributed by atoms with E-state index in [1.807, 2.05) is 18.9 Å². The minimum atomic E-state index is 0.888. The molecule has 4 nitrogen and oxygen atoms in total. The molecule has 0 aromatic rings. The molecule has 76 valence electrons. The van der Waals surface area contributed by atoms with Crippen LogP contribution in [0, 0.1) is 0 Å². The number of hydrogen-bond acceptors (Lipinski definition) is 3. The molecule has 0 atom stereocenters. The maximum atomic E-state index is 3.93. The number of hydrogen-bond donors (Lipinski definition) is 0. The van der Waals surface area contributed by atoms with E-state index in [9.17, 15) is 0 Å². The van der Waals surface area contributed by atoms with Crippen LogP contribution in [0.3, 0.4) is 0 Å². The van der Waals surface area contributed by atoms with Crippen molar-refractivity contribution < 1.29 is 0 Å². The Balaban J connectivity index is 0.000000671. The molecule has 4 heteroatoms. The monoisotopic (exact) mass is 184 g/mol. The molecule has 0 aliphatic carbocycles. The molecular formula is C9H20N4. The van der Waals surface area contributed by atoms with Gasteiger partial charge in [0.15, 0.2) is 0 Å². The summed E-state index contributed by atoms with van der Waals surface area (Å²) in [5.74, 6) is 0. The fourth-order valence-corrected chi connectivity index (χ4v) is 1.11. The Labute approximate surface area is 80.9 Å². The predicted molar refractivity (Wildman–Crippen MR) is 55.5 cm³/mol. The van der Waals surface area contributed by atoms with Gasteiger partial charge in [-0.05, 0) is 7.05 Å². The summed E-state index contributed by atoms with van der Waals surface area (Å²) >= 11 is 0. The van der Waals surface area contributed by atoms with Crippen molar-refractivity contribution in [2.45, 2.75) is 13.8 Å². The van der Waals surface area contributed by atoms with Crippen molar-refractivity contribution in [2.75, 3.05) is 33.7 Å². The molecule has 0 spiro atoms. The summed E-state index contributed by atoms with van der Waals surface area (Å²) in [4.78, 5) is 2.21.